The number of rotatable bonds is 7. The molecular formula is C21H26Cl2O5. The van der Waals surface area contributed by atoms with Crippen molar-refractivity contribution in [1.82, 2.24) is 0 Å². The Morgan fingerprint density at radius 3 is 2.50 bits per heavy atom. The second-order valence-corrected chi connectivity index (χ2v) is 9.42. The molecule has 1 aromatic carbocycles. The highest BCUT2D eigenvalue weighted by molar-refractivity contribution is 6.55. The van der Waals surface area contributed by atoms with E-state index in [-0.39, 0.29) is 40.9 Å². The van der Waals surface area contributed by atoms with Crippen LogP contribution in [0.2, 0.25) is 0 Å². The lowest BCUT2D eigenvalue weighted by Crippen LogP contribution is -2.27. The summed E-state index contributed by atoms with van der Waals surface area (Å²) in [5, 5.41) is 0. The normalized spacial score (nSPS) is 20.1. The number of ether oxygens (including phenoxy) is 3. The van der Waals surface area contributed by atoms with Crippen molar-refractivity contribution in [1.29, 1.82) is 0 Å². The molecule has 0 heterocycles. The Morgan fingerprint density at radius 2 is 1.89 bits per heavy atom. The van der Waals surface area contributed by atoms with Crippen LogP contribution in [-0.4, -0.2) is 24.1 Å². The lowest BCUT2D eigenvalue weighted by atomic mass is 10.1. The van der Waals surface area contributed by atoms with Crippen LogP contribution in [-0.2, 0) is 25.7 Å². The van der Waals surface area contributed by atoms with Gasteiger partial charge in [0.15, 0.2) is 6.61 Å². The van der Waals surface area contributed by atoms with Crippen molar-refractivity contribution in [2.24, 2.45) is 17.3 Å². The van der Waals surface area contributed by atoms with Crippen LogP contribution in [0.15, 0.2) is 34.8 Å². The van der Waals surface area contributed by atoms with E-state index < -0.39 is 11.6 Å². The van der Waals surface area contributed by atoms with E-state index in [2.05, 4.69) is 0 Å². The predicted molar refractivity (Wildman–Crippen MR) is 108 cm³/mol. The molecule has 28 heavy (non-hydrogen) atoms. The summed E-state index contributed by atoms with van der Waals surface area (Å²) in [6.07, 6.45) is 1.68. The van der Waals surface area contributed by atoms with E-state index in [9.17, 15) is 9.59 Å². The van der Waals surface area contributed by atoms with E-state index in [1.54, 1.807) is 45.0 Å². The van der Waals surface area contributed by atoms with Crippen LogP contribution in [0.3, 0.4) is 0 Å². The highest BCUT2D eigenvalue weighted by atomic mass is 35.5. The van der Waals surface area contributed by atoms with E-state index in [1.165, 1.54) is 0 Å². The van der Waals surface area contributed by atoms with Gasteiger partial charge in [0, 0.05) is 0 Å². The lowest BCUT2D eigenvalue weighted by molar-refractivity contribution is -0.157. The highest BCUT2D eigenvalue weighted by Crippen LogP contribution is 2.60. The molecule has 0 spiro atoms. The summed E-state index contributed by atoms with van der Waals surface area (Å²) >= 11 is 11.4. The second kappa shape index (κ2) is 8.75. The molecule has 0 bridgehead atoms. The van der Waals surface area contributed by atoms with Crippen LogP contribution in [0.4, 0.5) is 0 Å². The van der Waals surface area contributed by atoms with Crippen molar-refractivity contribution < 1.29 is 23.8 Å². The second-order valence-electron chi connectivity index (χ2n) is 8.41. The van der Waals surface area contributed by atoms with Gasteiger partial charge in [-0.2, -0.15) is 0 Å². The predicted octanol–water partition coefficient (Wildman–Crippen LogP) is 5.04. The molecule has 154 valence electrons. The number of hydrogen-bond acceptors (Lipinski definition) is 5. The molecule has 1 aromatic rings. The molecule has 7 heteroatoms. The molecule has 1 aliphatic carbocycles. The number of carbonyl (C=O) groups is 2. The summed E-state index contributed by atoms with van der Waals surface area (Å²) in [4.78, 5) is 24.1. The molecule has 2 rings (SSSR count). The monoisotopic (exact) mass is 428 g/mol. The average molecular weight is 429 g/mol. The van der Waals surface area contributed by atoms with Crippen LogP contribution in [0, 0.1) is 17.3 Å². The first-order valence-electron chi connectivity index (χ1n) is 9.03. The molecule has 1 saturated carbocycles. The van der Waals surface area contributed by atoms with Crippen molar-refractivity contribution in [2.75, 3.05) is 6.61 Å². The van der Waals surface area contributed by atoms with Gasteiger partial charge in [-0.25, -0.2) is 4.79 Å². The Morgan fingerprint density at radius 1 is 1.21 bits per heavy atom. The third kappa shape index (κ3) is 6.42. The third-order valence-corrected chi connectivity index (χ3v) is 4.78. The minimum Gasteiger partial charge on any atom is -0.482 e. The van der Waals surface area contributed by atoms with Gasteiger partial charge >= 0.3 is 11.9 Å². The Bertz CT molecular complexity index is 760. The molecule has 5 nitrogen and oxygen atoms in total. The molecule has 2 atom stereocenters. The first-order valence-corrected chi connectivity index (χ1v) is 9.79. The van der Waals surface area contributed by atoms with Crippen LogP contribution in [0.5, 0.6) is 5.75 Å². The Hall–Kier alpha value is -1.72. The first kappa shape index (κ1) is 22.6. The minimum atomic E-state index is -0.562. The van der Waals surface area contributed by atoms with Crippen molar-refractivity contribution in [3.63, 3.8) is 0 Å². The zero-order valence-electron chi connectivity index (χ0n) is 16.8. The molecule has 2 unspecified atom stereocenters. The van der Waals surface area contributed by atoms with Gasteiger partial charge in [-0.15, -0.1) is 0 Å². The van der Waals surface area contributed by atoms with Gasteiger partial charge in [0.2, 0.25) is 0 Å². The summed E-state index contributed by atoms with van der Waals surface area (Å²) in [5.74, 6) is -0.542. The van der Waals surface area contributed by atoms with Gasteiger partial charge < -0.3 is 14.2 Å². The van der Waals surface area contributed by atoms with E-state index in [0.717, 1.165) is 5.56 Å². The van der Waals surface area contributed by atoms with Gasteiger partial charge in [-0.1, -0.05) is 49.2 Å². The van der Waals surface area contributed by atoms with Gasteiger partial charge in [0.25, 0.3) is 0 Å². The van der Waals surface area contributed by atoms with E-state index in [1.807, 2.05) is 19.9 Å². The fourth-order valence-corrected chi connectivity index (χ4v) is 3.33. The van der Waals surface area contributed by atoms with E-state index in [4.69, 9.17) is 37.4 Å². The van der Waals surface area contributed by atoms with Crippen LogP contribution < -0.4 is 4.74 Å². The zero-order valence-corrected chi connectivity index (χ0v) is 18.3. The zero-order chi connectivity index (χ0) is 21.1. The molecule has 1 fully saturated rings. The van der Waals surface area contributed by atoms with Gasteiger partial charge in [0.1, 0.15) is 22.4 Å². The molecule has 0 aromatic heterocycles. The van der Waals surface area contributed by atoms with Crippen molar-refractivity contribution in [2.45, 2.75) is 46.8 Å². The first-order chi connectivity index (χ1) is 12.9. The summed E-state index contributed by atoms with van der Waals surface area (Å²) in [5.41, 5.74) is -0.0332. The summed E-state index contributed by atoms with van der Waals surface area (Å²) in [7, 11) is 0. The van der Waals surface area contributed by atoms with E-state index >= 15 is 0 Å². The molecule has 0 aliphatic heterocycles. The highest BCUT2D eigenvalue weighted by Gasteiger charge is 2.61. The SMILES string of the molecule is CC(C)(C)OC(=O)COc1cccc(COC(=O)C2C(C=C(Cl)Cl)C2(C)C)c1. The third-order valence-electron chi connectivity index (χ3n) is 4.53. The number of hydrogen-bond donors (Lipinski definition) is 0. The van der Waals surface area contributed by atoms with Crippen molar-refractivity contribution >= 4 is 35.1 Å². The topological polar surface area (TPSA) is 61.8 Å². The number of benzene rings is 1. The lowest BCUT2D eigenvalue weighted by Gasteiger charge is -2.19. The standard InChI is InChI=1S/C21H26Cl2O5/c1-20(2,3)28-17(24)12-26-14-8-6-7-13(9-14)11-27-19(25)18-15(10-16(22)23)21(18,4)5/h6-10,15,18H,11-12H2,1-5H3. The maximum absolute atomic E-state index is 12.4. The minimum absolute atomic E-state index is 0.0338. The van der Waals surface area contributed by atoms with Crippen LogP contribution in [0.25, 0.3) is 0 Å². The van der Waals surface area contributed by atoms with Crippen LogP contribution >= 0.6 is 23.2 Å². The fourth-order valence-electron chi connectivity index (χ4n) is 3.06. The Labute approximate surface area is 175 Å². The molecular weight excluding hydrogens is 403 g/mol. The summed E-state index contributed by atoms with van der Waals surface area (Å²) in [6, 6.07) is 7.04. The molecule has 0 N–H and O–H groups in total. The smallest absolute Gasteiger partial charge is 0.344 e. The van der Waals surface area contributed by atoms with Crippen molar-refractivity contribution in [3.05, 3.63) is 40.4 Å². The largest absolute Gasteiger partial charge is 0.482 e. The van der Waals surface area contributed by atoms with Crippen LogP contribution in [0.1, 0.15) is 40.2 Å². The number of allylic oxidation sites excluding steroid dienone is 1. The Balaban J connectivity index is 1.87. The number of halogens is 2. The number of esters is 2. The average Bonchev–Trinajstić information content (AvgIpc) is 3.09. The maximum Gasteiger partial charge on any atom is 0.344 e. The van der Waals surface area contributed by atoms with E-state index in [0.29, 0.717) is 5.75 Å². The quantitative estimate of drug-likeness (QED) is 0.569. The number of carbonyl (C=O) groups excluding carboxylic acids is 2. The maximum atomic E-state index is 12.4. The molecule has 0 saturated heterocycles. The van der Waals surface area contributed by atoms with Gasteiger partial charge in [-0.3, -0.25) is 4.79 Å². The van der Waals surface area contributed by atoms with Crippen molar-refractivity contribution in [3.8, 4) is 5.75 Å². The summed E-state index contributed by atoms with van der Waals surface area (Å²) in [6.45, 7) is 9.25. The van der Waals surface area contributed by atoms with Gasteiger partial charge in [-0.05, 0) is 55.9 Å². The fraction of sp³-hybridized carbons (Fsp3) is 0.524. The Kier molecular flexibility index (Phi) is 7.05. The molecule has 0 amide bonds. The van der Waals surface area contributed by atoms with Gasteiger partial charge in [0.05, 0.1) is 5.92 Å². The summed E-state index contributed by atoms with van der Waals surface area (Å²) < 4.78 is 16.3. The molecule has 1 aliphatic rings. The molecule has 0 radical (unpaired) electrons.